The van der Waals surface area contributed by atoms with Crippen LogP contribution < -0.4 is 10.5 Å². The molecule has 2 aromatic rings. The summed E-state index contributed by atoms with van der Waals surface area (Å²) in [7, 11) is 0. The third kappa shape index (κ3) is 4.25. The maximum Gasteiger partial charge on any atom is 0.165 e. The van der Waals surface area contributed by atoms with Crippen LogP contribution in [0.2, 0.25) is 0 Å². The molecular weight excluding hydrogens is 340 g/mol. The Kier molecular flexibility index (Phi) is 5.31. The van der Waals surface area contributed by atoms with Crippen molar-refractivity contribution in [1.29, 1.82) is 0 Å². The van der Waals surface area contributed by atoms with Crippen LogP contribution in [0.25, 0.3) is 0 Å². The Morgan fingerprint density at radius 3 is 2.62 bits per heavy atom. The van der Waals surface area contributed by atoms with Crippen LogP contribution in [0.15, 0.2) is 40.9 Å². The van der Waals surface area contributed by atoms with E-state index in [2.05, 4.69) is 15.9 Å². The molecule has 0 heterocycles. The number of hydrogen-bond acceptors (Lipinski definition) is 2. The molecule has 0 aliphatic heterocycles. The summed E-state index contributed by atoms with van der Waals surface area (Å²) in [4.78, 5) is 0. The van der Waals surface area contributed by atoms with Crippen LogP contribution in [-0.4, -0.2) is 6.04 Å². The molecule has 2 rings (SSSR count). The second kappa shape index (κ2) is 7.00. The van der Waals surface area contributed by atoms with Crippen LogP contribution in [0.4, 0.5) is 8.78 Å². The van der Waals surface area contributed by atoms with E-state index < -0.39 is 11.6 Å². The van der Waals surface area contributed by atoms with Gasteiger partial charge < -0.3 is 10.5 Å². The smallest absolute Gasteiger partial charge is 0.165 e. The van der Waals surface area contributed by atoms with Crippen LogP contribution >= 0.6 is 15.9 Å². The highest BCUT2D eigenvalue weighted by Crippen LogP contribution is 2.31. The molecule has 0 aliphatic rings. The molecule has 0 saturated heterocycles. The summed E-state index contributed by atoms with van der Waals surface area (Å²) in [5.41, 5.74) is 6.82. The molecule has 2 aromatic carbocycles. The van der Waals surface area contributed by atoms with Gasteiger partial charge in [0.05, 0.1) is 0 Å². The Labute approximate surface area is 131 Å². The fraction of sp³-hybridized carbons (Fsp3) is 0.250. The van der Waals surface area contributed by atoms with Crippen molar-refractivity contribution in [3.63, 3.8) is 0 Å². The van der Waals surface area contributed by atoms with Gasteiger partial charge in [0, 0.05) is 16.6 Å². The third-order valence-corrected chi connectivity index (χ3v) is 3.64. The summed E-state index contributed by atoms with van der Waals surface area (Å²) >= 11 is 3.35. The van der Waals surface area contributed by atoms with E-state index in [4.69, 9.17) is 10.5 Å². The highest BCUT2D eigenvalue weighted by atomic mass is 79.9. The highest BCUT2D eigenvalue weighted by Gasteiger charge is 2.12. The maximum atomic E-state index is 13.7. The molecule has 5 heteroatoms. The molecule has 0 bridgehead atoms. The van der Waals surface area contributed by atoms with Gasteiger partial charge in [0.25, 0.3) is 0 Å². The van der Waals surface area contributed by atoms with Crippen LogP contribution in [0.3, 0.4) is 0 Å². The molecule has 0 aromatic heterocycles. The van der Waals surface area contributed by atoms with Crippen molar-refractivity contribution in [3.8, 4) is 11.5 Å². The van der Waals surface area contributed by atoms with Crippen molar-refractivity contribution in [2.45, 2.75) is 25.8 Å². The standard InChI is InChI=1S/C16H16BrF2NO/c1-2-13(20)7-10-3-4-11(17)8-15(10)21-16-9-12(18)5-6-14(16)19/h3-6,8-9,13H,2,7,20H2,1H3. The second-order valence-corrected chi connectivity index (χ2v) is 5.72. The first-order valence-electron chi connectivity index (χ1n) is 6.66. The molecule has 0 spiro atoms. The number of nitrogens with two attached hydrogens (primary N) is 1. The largest absolute Gasteiger partial charge is 0.454 e. The van der Waals surface area contributed by atoms with Crippen molar-refractivity contribution in [3.05, 3.63) is 58.1 Å². The lowest BCUT2D eigenvalue weighted by Crippen LogP contribution is -2.21. The van der Waals surface area contributed by atoms with Crippen LogP contribution in [0, 0.1) is 11.6 Å². The minimum absolute atomic E-state index is 0.00844. The van der Waals surface area contributed by atoms with Gasteiger partial charge in [0.2, 0.25) is 0 Å². The normalized spacial score (nSPS) is 12.2. The Balaban J connectivity index is 2.33. The van der Waals surface area contributed by atoms with Gasteiger partial charge in [0.1, 0.15) is 11.6 Å². The zero-order valence-corrected chi connectivity index (χ0v) is 13.2. The molecule has 2 N–H and O–H groups in total. The van der Waals surface area contributed by atoms with Gasteiger partial charge in [-0.05, 0) is 42.7 Å². The Morgan fingerprint density at radius 1 is 1.14 bits per heavy atom. The number of ether oxygens (including phenoxy) is 1. The molecule has 2 nitrogen and oxygen atoms in total. The van der Waals surface area contributed by atoms with E-state index in [1.54, 1.807) is 6.07 Å². The van der Waals surface area contributed by atoms with E-state index in [1.807, 2.05) is 19.1 Å². The quantitative estimate of drug-likeness (QED) is 0.835. The van der Waals surface area contributed by atoms with E-state index in [0.717, 1.165) is 34.7 Å². The van der Waals surface area contributed by atoms with E-state index in [-0.39, 0.29) is 11.8 Å². The zero-order chi connectivity index (χ0) is 15.4. The number of halogens is 3. The van der Waals surface area contributed by atoms with E-state index >= 15 is 0 Å². The van der Waals surface area contributed by atoms with Gasteiger partial charge >= 0.3 is 0 Å². The van der Waals surface area contributed by atoms with Gasteiger partial charge in [-0.15, -0.1) is 0 Å². The molecule has 0 amide bonds. The van der Waals surface area contributed by atoms with Gasteiger partial charge in [0.15, 0.2) is 11.6 Å². The average Bonchev–Trinajstić information content (AvgIpc) is 2.45. The van der Waals surface area contributed by atoms with Gasteiger partial charge in [-0.2, -0.15) is 0 Å². The minimum Gasteiger partial charge on any atom is -0.454 e. The summed E-state index contributed by atoms with van der Waals surface area (Å²) in [6, 6.07) is 8.57. The van der Waals surface area contributed by atoms with Crippen molar-refractivity contribution >= 4 is 15.9 Å². The number of rotatable bonds is 5. The summed E-state index contributed by atoms with van der Waals surface area (Å²) < 4.78 is 33.2. The monoisotopic (exact) mass is 355 g/mol. The molecule has 0 aliphatic carbocycles. The Bertz CT molecular complexity index is 634. The molecule has 0 radical (unpaired) electrons. The van der Waals surface area contributed by atoms with Crippen molar-refractivity contribution < 1.29 is 13.5 Å². The van der Waals surface area contributed by atoms with Crippen LogP contribution in [0.5, 0.6) is 11.5 Å². The van der Waals surface area contributed by atoms with Crippen LogP contribution in [-0.2, 0) is 6.42 Å². The first kappa shape index (κ1) is 15.9. The molecule has 1 atom stereocenters. The fourth-order valence-electron chi connectivity index (χ4n) is 1.89. The van der Waals surface area contributed by atoms with Crippen molar-refractivity contribution in [2.24, 2.45) is 5.73 Å². The van der Waals surface area contributed by atoms with Gasteiger partial charge in [-0.1, -0.05) is 28.9 Å². The van der Waals surface area contributed by atoms with Crippen molar-refractivity contribution in [1.82, 2.24) is 0 Å². The summed E-state index contributed by atoms with van der Waals surface area (Å²) in [6.07, 6.45) is 1.43. The molecule has 0 saturated carbocycles. The lowest BCUT2D eigenvalue weighted by Gasteiger charge is -2.15. The molecule has 0 fully saturated rings. The fourth-order valence-corrected chi connectivity index (χ4v) is 2.23. The van der Waals surface area contributed by atoms with E-state index in [1.165, 1.54) is 0 Å². The minimum atomic E-state index is -0.609. The summed E-state index contributed by atoms with van der Waals surface area (Å²) in [5, 5.41) is 0. The lowest BCUT2D eigenvalue weighted by molar-refractivity contribution is 0.430. The zero-order valence-electron chi connectivity index (χ0n) is 11.6. The number of hydrogen-bond donors (Lipinski definition) is 1. The lowest BCUT2D eigenvalue weighted by atomic mass is 10.0. The average molecular weight is 356 g/mol. The third-order valence-electron chi connectivity index (χ3n) is 3.15. The number of benzene rings is 2. The molecule has 1 unspecified atom stereocenters. The maximum absolute atomic E-state index is 13.7. The van der Waals surface area contributed by atoms with Crippen LogP contribution in [0.1, 0.15) is 18.9 Å². The van der Waals surface area contributed by atoms with E-state index in [0.29, 0.717) is 12.2 Å². The SMILES string of the molecule is CCC(N)Cc1ccc(Br)cc1Oc1cc(F)ccc1F. The highest BCUT2D eigenvalue weighted by molar-refractivity contribution is 9.10. The molecule has 112 valence electrons. The predicted octanol–water partition coefficient (Wildman–Crippen LogP) is 4.80. The molecule has 21 heavy (non-hydrogen) atoms. The second-order valence-electron chi connectivity index (χ2n) is 4.80. The summed E-state index contributed by atoms with van der Waals surface area (Å²) in [6.45, 7) is 2.00. The first-order chi connectivity index (χ1) is 9.99. The summed E-state index contributed by atoms with van der Waals surface area (Å²) in [5.74, 6) is -0.826. The Hall–Kier alpha value is -1.46. The first-order valence-corrected chi connectivity index (χ1v) is 7.45. The van der Waals surface area contributed by atoms with Gasteiger partial charge in [-0.3, -0.25) is 0 Å². The Morgan fingerprint density at radius 2 is 1.90 bits per heavy atom. The topological polar surface area (TPSA) is 35.2 Å². The van der Waals surface area contributed by atoms with Gasteiger partial charge in [-0.25, -0.2) is 8.78 Å². The van der Waals surface area contributed by atoms with E-state index in [9.17, 15) is 8.78 Å². The van der Waals surface area contributed by atoms with Crippen molar-refractivity contribution in [2.75, 3.05) is 0 Å². The molecular formula is C16H16BrF2NO. The predicted molar refractivity (Wildman–Crippen MR) is 82.5 cm³/mol.